The van der Waals surface area contributed by atoms with Gasteiger partial charge in [0, 0.05) is 42.8 Å². The second-order valence-electron chi connectivity index (χ2n) is 12.7. The number of pyridine rings is 1. The zero-order valence-electron chi connectivity index (χ0n) is 27.2. The molecule has 0 N–H and O–H groups in total. The molecule has 4 heterocycles. The van der Waals surface area contributed by atoms with Crippen LogP contribution in [0.25, 0.3) is 72.2 Å². The Kier molecular flexibility index (Phi) is 8.78. The van der Waals surface area contributed by atoms with E-state index in [1.54, 1.807) is 6.20 Å². The van der Waals surface area contributed by atoms with Crippen LogP contribution in [-0.2, 0) is 20.1 Å². The summed E-state index contributed by atoms with van der Waals surface area (Å²) < 4.78 is 8.53. The quantitative estimate of drug-likeness (QED) is 0.131. The van der Waals surface area contributed by atoms with E-state index in [0.29, 0.717) is 5.65 Å². The van der Waals surface area contributed by atoms with Crippen LogP contribution in [0.4, 0.5) is 0 Å². The van der Waals surface area contributed by atoms with Crippen LogP contribution in [0, 0.1) is 12.1 Å². The molecule has 49 heavy (non-hydrogen) atoms. The number of nitrogens with zero attached hydrogens (tertiary/aromatic N) is 5. The monoisotopic (exact) mass is 830 g/mol. The smallest absolute Gasteiger partial charge is 0.178 e. The van der Waals surface area contributed by atoms with E-state index in [2.05, 4.69) is 89.4 Å². The molecule has 0 aliphatic rings. The van der Waals surface area contributed by atoms with E-state index < -0.39 is 8.07 Å². The molecule has 0 bridgehead atoms. The second-order valence-corrected chi connectivity index (χ2v) is 17.7. The number of aromatic nitrogens is 5. The minimum atomic E-state index is -1.23. The first-order valence-electron chi connectivity index (χ1n) is 15.9. The molecule has 5 aromatic carbocycles. The Labute approximate surface area is 298 Å². The van der Waals surface area contributed by atoms with Crippen LogP contribution in [0.15, 0.2) is 138 Å². The summed E-state index contributed by atoms with van der Waals surface area (Å²) in [4.78, 5) is 9.43. The molecule has 0 saturated heterocycles. The van der Waals surface area contributed by atoms with Gasteiger partial charge in [0.2, 0.25) is 0 Å². The molecule has 0 aliphatic heterocycles. The number of benzene rings is 5. The van der Waals surface area contributed by atoms with Crippen LogP contribution in [0.3, 0.4) is 0 Å². The van der Waals surface area contributed by atoms with Crippen molar-refractivity contribution in [1.82, 2.24) is 24.7 Å². The summed E-state index contributed by atoms with van der Waals surface area (Å²) in [6, 6.07) is 47.3. The summed E-state index contributed by atoms with van der Waals surface area (Å²) in [7, 11) is -1.23. The van der Waals surface area contributed by atoms with Gasteiger partial charge in [0.05, 0.1) is 25.7 Å². The van der Waals surface area contributed by atoms with Gasteiger partial charge >= 0.3 is 0 Å². The molecule has 0 atom stereocenters. The minimum absolute atomic E-state index is 0. The molecule has 0 aliphatic carbocycles. The van der Waals surface area contributed by atoms with Gasteiger partial charge in [0.1, 0.15) is 11.1 Å². The molecule has 9 rings (SSSR count). The molecule has 0 spiro atoms. The Morgan fingerprint density at radius 2 is 1.49 bits per heavy atom. The van der Waals surface area contributed by atoms with Gasteiger partial charge in [-0.25, -0.2) is 0 Å². The zero-order valence-corrected chi connectivity index (χ0v) is 30.6. The Bertz CT molecular complexity index is 2540. The van der Waals surface area contributed by atoms with Crippen molar-refractivity contribution in [1.29, 1.82) is 0 Å². The molecular formula is C41H31IrN5OSi-2. The summed E-state index contributed by atoms with van der Waals surface area (Å²) in [5.74, 6) is 0.723. The average Bonchev–Trinajstić information content (AvgIpc) is 3.72. The van der Waals surface area contributed by atoms with E-state index in [9.17, 15) is 0 Å². The molecule has 1 radical (unpaired) electrons. The van der Waals surface area contributed by atoms with Crippen molar-refractivity contribution in [3.63, 3.8) is 0 Å². The molecule has 0 amide bonds. The minimum Gasteiger partial charge on any atom is -0.500 e. The number of hydrogen-bond acceptors (Lipinski definition) is 5. The molecule has 8 heteroatoms. The first-order valence-corrected chi connectivity index (χ1v) is 19.4. The van der Waals surface area contributed by atoms with Crippen LogP contribution in [0.2, 0.25) is 19.6 Å². The Morgan fingerprint density at radius 1 is 0.694 bits per heavy atom. The third-order valence-corrected chi connectivity index (χ3v) is 10.5. The standard InChI is InChI=1S/C27H15N4O.C14H16NSi.Ir/c1-2-8-18(9-3-1)31-26(29-23-15-16-28-30-27(23)31)22-12-6-11-20-21-14-13-17-7-4-5-10-19(17)24(21)32-25(20)22;1-16(2,3)13-9-10-14(15-11-13)12-7-5-4-6-8-12;/h1-11,13-16H;4-7,9-11H,1-3H3;/q2*-1;. The second kappa shape index (κ2) is 13.3. The van der Waals surface area contributed by atoms with E-state index in [0.717, 1.165) is 66.6 Å². The van der Waals surface area contributed by atoms with Gasteiger partial charge in [0.15, 0.2) is 5.65 Å². The number of fused-ring (bicyclic) bond motifs is 6. The predicted molar refractivity (Wildman–Crippen MR) is 197 cm³/mol. The Morgan fingerprint density at radius 3 is 2.27 bits per heavy atom. The van der Waals surface area contributed by atoms with Gasteiger partial charge in [-0.05, 0) is 34.5 Å². The predicted octanol–water partition coefficient (Wildman–Crippen LogP) is 9.43. The van der Waals surface area contributed by atoms with E-state index in [1.165, 1.54) is 5.19 Å². The summed E-state index contributed by atoms with van der Waals surface area (Å²) in [5.41, 5.74) is 6.92. The van der Waals surface area contributed by atoms with Gasteiger partial charge in [-0.3, -0.25) is 4.98 Å². The van der Waals surface area contributed by atoms with Crippen LogP contribution in [0.1, 0.15) is 0 Å². The third kappa shape index (κ3) is 6.11. The van der Waals surface area contributed by atoms with Gasteiger partial charge < -0.3 is 14.0 Å². The van der Waals surface area contributed by atoms with E-state index in [4.69, 9.17) is 9.40 Å². The summed E-state index contributed by atoms with van der Waals surface area (Å²) in [6.45, 7) is 7.00. The average molecular weight is 830 g/mol. The number of furan rings is 1. The normalized spacial score (nSPS) is 11.4. The Balaban J connectivity index is 0.000000189. The van der Waals surface area contributed by atoms with E-state index in [1.807, 2.05) is 89.6 Å². The fourth-order valence-corrected chi connectivity index (χ4v) is 7.04. The van der Waals surface area contributed by atoms with Crippen molar-refractivity contribution in [2.24, 2.45) is 0 Å². The van der Waals surface area contributed by atoms with Crippen molar-refractivity contribution < 1.29 is 24.5 Å². The number of hydrogen-bond donors (Lipinski definition) is 0. The van der Waals surface area contributed by atoms with Crippen LogP contribution < -0.4 is 5.19 Å². The number of imidazole rings is 1. The summed E-state index contributed by atoms with van der Waals surface area (Å²) >= 11 is 0. The molecular weight excluding hydrogens is 799 g/mol. The summed E-state index contributed by atoms with van der Waals surface area (Å²) in [5, 5.41) is 14.2. The van der Waals surface area contributed by atoms with Crippen molar-refractivity contribution in [3.05, 3.63) is 146 Å². The van der Waals surface area contributed by atoms with Gasteiger partial charge in [0.25, 0.3) is 0 Å². The van der Waals surface area contributed by atoms with Crippen LogP contribution in [-0.4, -0.2) is 32.8 Å². The van der Waals surface area contributed by atoms with Crippen molar-refractivity contribution >= 4 is 57.1 Å². The fraction of sp³-hybridized carbons (Fsp3) is 0.0732. The molecule has 4 aromatic heterocycles. The molecule has 9 aromatic rings. The van der Waals surface area contributed by atoms with Crippen molar-refractivity contribution in [2.45, 2.75) is 19.6 Å². The van der Waals surface area contributed by atoms with Gasteiger partial charge in [-0.2, -0.15) is 5.10 Å². The maximum atomic E-state index is 6.52. The number of rotatable bonds is 4. The molecule has 0 saturated carbocycles. The maximum Gasteiger partial charge on any atom is 0.178 e. The zero-order chi connectivity index (χ0) is 32.7. The molecule has 6 nitrogen and oxygen atoms in total. The van der Waals surface area contributed by atoms with E-state index >= 15 is 0 Å². The fourth-order valence-electron chi connectivity index (χ4n) is 6.00. The first kappa shape index (κ1) is 32.3. The largest absolute Gasteiger partial charge is 0.500 e. The maximum absolute atomic E-state index is 6.52. The van der Waals surface area contributed by atoms with Gasteiger partial charge in [-0.15, -0.1) is 59.2 Å². The SMILES string of the molecule is C[Si](C)(C)c1ccc(-c2[c-]cccc2)nc1.[Ir].[c-]1ccc2c(oc3c4ccccc4ccc23)c1-c1nc2ccnnc2n1-c1ccccc1. The Hall–Kier alpha value is -5.27. The third-order valence-electron chi connectivity index (χ3n) is 8.51. The van der Waals surface area contributed by atoms with Crippen LogP contribution in [0.5, 0.6) is 0 Å². The number of para-hydroxylation sites is 1. The van der Waals surface area contributed by atoms with Gasteiger partial charge in [-0.1, -0.05) is 97.3 Å². The van der Waals surface area contributed by atoms with Crippen molar-refractivity contribution in [2.75, 3.05) is 0 Å². The van der Waals surface area contributed by atoms with Crippen molar-refractivity contribution in [3.8, 4) is 28.3 Å². The molecule has 241 valence electrons. The van der Waals surface area contributed by atoms with E-state index in [-0.39, 0.29) is 20.1 Å². The topological polar surface area (TPSA) is 69.6 Å². The first-order chi connectivity index (χ1) is 23.5. The van der Waals surface area contributed by atoms with Crippen LogP contribution >= 0.6 is 0 Å². The molecule has 0 fully saturated rings. The molecule has 0 unspecified atom stereocenters. The summed E-state index contributed by atoms with van der Waals surface area (Å²) in [6.07, 6.45) is 3.68.